The Balaban J connectivity index is -0.0000000855. The molecule has 105 valence electrons. The molecule has 18 heavy (non-hydrogen) atoms. The number of amides is 1. The first-order chi connectivity index (χ1) is 7.63. The number of rotatable bonds is 1. The summed E-state index contributed by atoms with van der Waals surface area (Å²) in [5, 5.41) is 6.59. The van der Waals surface area contributed by atoms with Crippen LogP contribution in [0.4, 0.5) is 0 Å². The zero-order chi connectivity index (χ0) is 14.4. The molecule has 0 fully saturated rings. The summed E-state index contributed by atoms with van der Waals surface area (Å²) in [4.78, 5) is 19.3. The molecular weight excluding hydrogens is 295 g/mol. The zero-order valence-corrected chi connectivity index (χ0v) is 13.8. The fourth-order valence-electron chi connectivity index (χ4n) is 0.191. The van der Waals surface area contributed by atoms with Crippen LogP contribution < -0.4 is 11.3 Å². The Morgan fingerprint density at radius 1 is 1.00 bits per heavy atom. The van der Waals surface area contributed by atoms with E-state index in [1.165, 1.54) is 13.8 Å². The smallest absolute Gasteiger partial charge is 0.236 e. The molecule has 0 aromatic carbocycles. The van der Waals surface area contributed by atoms with Gasteiger partial charge in [0, 0.05) is 43.8 Å². The quantitative estimate of drug-likeness (QED) is 0.333. The Morgan fingerprint density at radius 2 is 1.28 bits per heavy atom. The first-order valence-electron chi connectivity index (χ1n) is 4.78. The van der Waals surface area contributed by atoms with Gasteiger partial charge in [0.1, 0.15) is 0 Å². The third-order valence-electron chi connectivity index (χ3n) is 0.695. The van der Waals surface area contributed by atoms with E-state index in [-0.39, 0.29) is 29.7 Å². The molecular formula is C10H21ClN4O2V. The average molecular weight is 316 g/mol. The van der Waals surface area contributed by atoms with Crippen LogP contribution in [0, 0.1) is 0 Å². The van der Waals surface area contributed by atoms with Gasteiger partial charge in [0.25, 0.3) is 0 Å². The molecule has 0 aliphatic rings. The Kier molecular flexibility index (Phi) is 26.6. The molecule has 0 spiro atoms. The number of hydrogen-bond donors (Lipinski definition) is 2. The molecule has 1 radical (unpaired) electrons. The molecule has 0 aromatic heterocycles. The van der Waals surface area contributed by atoms with E-state index in [0.717, 1.165) is 11.4 Å². The van der Waals surface area contributed by atoms with Crippen LogP contribution in [0.15, 0.2) is 10.2 Å². The van der Waals surface area contributed by atoms with Crippen molar-refractivity contribution in [2.45, 2.75) is 41.5 Å². The zero-order valence-electron chi connectivity index (χ0n) is 11.6. The van der Waals surface area contributed by atoms with Crippen molar-refractivity contribution >= 4 is 34.2 Å². The van der Waals surface area contributed by atoms with Crippen molar-refractivity contribution < 1.29 is 28.1 Å². The van der Waals surface area contributed by atoms with Crippen molar-refractivity contribution in [1.82, 2.24) is 5.43 Å². The minimum atomic E-state index is -0.361. The van der Waals surface area contributed by atoms with E-state index in [0.29, 0.717) is 0 Å². The van der Waals surface area contributed by atoms with Crippen LogP contribution in [0.2, 0.25) is 0 Å². The predicted molar refractivity (Wildman–Crippen MR) is 72.1 cm³/mol. The van der Waals surface area contributed by atoms with E-state index >= 15 is 0 Å². The van der Waals surface area contributed by atoms with E-state index < -0.39 is 0 Å². The second-order valence-corrected chi connectivity index (χ2v) is 3.81. The van der Waals surface area contributed by atoms with Gasteiger partial charge < -0.3 is 5.84 Å². The third kappa shape index (κ3) is 80.2. The standard InChI is InChI=1S/C5H10N2O.C3H8N2.C2H3ClO.V/c1-4(2)6-7-5(3)8;1-3(2)5-4;1-2(3)4;/h1-3H3,(H,7,8);4H2,1-2H3;1H3;. The van der Waals surface area contributed by atoms with Crippen molar-refractivity contribution in [3.63, 3.8) is 0 Å². The normalized spacial score (nSPS) is 6.83. The molecule has 0 atom stereocenters. The van der Waals surface area contributed by atoms with E-state index in [1.54, 1.807) is 0 Å². The van der Waals surface area contributed by atoms with Gasteiger partial charge in [-0.2, -0.15) is 10.2 Å². The molecule has 0 aromatic rings. The number of hydrogen-bond acceptors (Lipinski definition) is 5. The molecule has 0 aliphatic heterocycles. The Hall–Kier alpha value is -0.846. The summed E-state index contributed by atoms with van der Waals surface area (Å²) in [5.41, 5.74) is 4.05. The number of nitrogens with zero attached hydrogens (tertiary/aromatic N) is 2. The van der Waals surface area contributed by atoms with E-state index in [2.05, 4.69) is 27.2 Å². The average Bonchev–Trinajstić information content (AvgIpc) is 2.14. The van der Waals surface area contributed by atoms with Crippen molar-refractivity contribution in [3.05, 3.63) is 0 Å². The van der Waals surface area contributed by atoms with Gasteiger partial charge in [-0.3, -0.25) is 9.59 Å². The molecule has 0 saturated carbocycles. The van der Waals surface area contributed by atoms with Gasteiger partial charge in [-0.25, -0.2) is 5.43 Å². The molecule has 1 amide bonds. The summed E-state index contributed by atoms with van der Waals surface area (Å²) in [6.07, 6.45) is 0. The molecule has 0 saturated heterocycles. The Labute approximate surface area is 125 Å². The van der Waals surface area contributed by atoms with Crippen LogP contribution >= 0.6 is 11.6 Å². The van der Waals surface area contributed by atoms with Crippen molar-refractivity contribution in [3.8, 4) is 0 Å². The van der Waals surface area contributed by atoms with E-state index in [9.17, 15) is 9.59 Å². The number of halogens is 1. The van der Waals surface area contributed by atoms with Crippen LogP contribution in [0.5, 0.6) is 0 Å². The number of nitrogens with one attached hydrogen (secondary N) is 1. The maximum atomic E-state index is 10.1. The van der Waals surface area contributed by atoms with Crippen LogP contribution in [-0.4, -0.2) is 22.6 Å². The number of carbonyl (C=O) groups is 2. The number of carbonyl (C=O) groups excluding carboxylic acids is 2. The molecule has 0 aliphatic carbocycles. The summed E-state index contributed by atoms with van der Waals surface area (Å²) in [5.74, 6) is 4.63. The number of hydrazone groups is 2. The summed E-state index contributed by atoms with van der Waals surface area (Å²) in [6.45, 7) is 10.0. The Morgan fingerprint density at radius 3 is 1.33 bits per heavy atom. The van der Waals surface area contributed by atoms with E-state index in [1.807, 2.05) is 27.7 Å². The summed E-state index contributed by atoms with van der Waals surface area (Å²) in [6, 6.07) is 0. The van der Waals surface area contributed by atoms with Crippen molar-refractivity contribution in [2.24, 2.45) is 16.0 Å². The summed E-state index contributed by atoms with van der Waals surface area (Å²) >= 11 is 4.64. The molecule has 0 unspecified atom stereocenters. The molecule has 0 rings (SSSR count). The second kappa shape index (κ2) is 18.5. The molecule has 8 heteroatoms. The minimum Gasteiger partial charge on any atom is -0.323 e. The first kappa shape index (κ1) is 25.9. The predicted octanol–water partition coefficient (Wildman–Crippen LogP) is 1.63. The number of nitrogens with two attached hydrogens (primary N) is 1. The van der Waals surface area contributed by atoms with Gasteiger partial charge in [-0.05, 0) is 39.3 Å². The van der Waals surface area contributed by atoms with Crippen molar-refractivity contribution in [2.75, 3.05) is 0 Å². The summed E-state index contributed by atoms with van der Waals surface area (Å²) in [7, 11) is 0. The molecule has 0 bridgehead atoms. The first-order valence-corrected chi connectivity index (χ1v) is 5.15. The van der Waals surface area contributed by atoms with Crippen LogP contribution in [0.1, 0.15) is 41.5 Å². The van der Waals surface area contributed by atoms with Gasteiger partial charge in [0.05, 0.1) is 0 Å². The molecule has 6 nitrogen and oxygen atoms in total. The fourth-order valence-corrected chi connectivity index (χ4v) is 0.191. The largest absolute Gasteiger partial charge is 0.323 e. The monoisotopic (exact) mass is 315 g/mol. The van der Waals surface area contributed by atoms with Gasteiger partial charge >= 0.3 is 0 Å². The fraction of sp³-hybridized carbons (Fsp3) is 0.600. The molecule has 0 heterocycles. The topological polar surface area (TPSA) is 96.9 Å². The minimum absolute atomic E-state index is 0. The summed E-state index contributed by atoms with van der Waals surface area (Å²) < 4.78 is 0. The maximum absolute atomic E-state index is 10.1. The van der Waals surface area contributed by atoms with Crippen LogP contribution in [-0.2, 0) is 28.1 Å². The second-order valence-electron chi connectivity index (χ2n) is 3.27. The SMILES string of the molecule is CC(=O)Cl.CC(=O)NN=C(C)C.CC(C)=NN.[V]. The molecule has 3 N–H and O–H groups in total. The van der Waals surface area contributed by atoms with Gasteiger partial charge in [-0.1, -0.05) is 0 Å². The van der Waals surface area contributed by atoms with Crippen molar-refractivity contribution in [1.29, 1.82) is 0 Å². The Bertz CT molecular complexity index is 282. The van der Waals surface area contributed by atoms with Gasteiger partial charge in [0.15, 0.2) is 0 Å². The van der Waals surface area contributed by atoms with E-state index in [4.69, 9.17) is 5.84 Å². The van der Waals surface area contributed by atoms with Crippen LogP contribution in [0.25, 0.3) is 0 Å². The van der Waals surface area contributed by atoms with Gasteiger partial charge in [0.2, 0.25) is 11.1 Å². The third-order valence-corrected chi connectivity index (χ3v) is 0.695. The van der Waals surface area contributed by atoms with Gasteiger partial charge in [-0.15, -0.1) is 0 Å². The maximum Gasteiger partial charge on any atom is 0.236 e. The van der Waals surface area contributed by atoms with Crippen LogP contribution in [0.3, 0.4) is 0 Å².